The number of aromatic nitrogens is 2. The van der Waals surface area contributed by atoms with Gasteiger partial charge in [-0.15, -0.1) is 0 Å². The molecule has 1 heterocycles. The topological polar surface area (TPSA) is 73.2 Å². The first-order valence-corrected chi connectivity index (χ1v) is 12.4. The van der Waals surface area contributed by atoms with Crippen LogP contribution in [0.2, 0.25) is 0 Å². The van der Waals surface area contributed by atoms with Crippen LogP contribution in [0.4, 0.5) is 10.1 Å². The minimum atomic E-state index is -0.481. The predicted octanol–water partition coefficient (Wildman–Crippen LogP) is 7.14. The number of halogens is 1. The van der Waals surface area contributed by atoms with Crippen LogP contribution < -0.4 is 10.1 Å². The monoisotopic (exact) mass is 519 g/mol. The van der Waals surface area contributed by atoms with Crippen molar-refractivity contribution in [3.63, 3.8) is 0 Å². The molecule has 0 unspecified atom stereocenters. The number of nitrogens with one attached hydrogen (secondary N) is 1. The van der Waals surface area contributed by atoms with E-state index >= 15 is 0 Å². The first-order valence-electron chi connectivity index (χ1n) is 12.4. The number of rotatable bonds is 6. The molecule has 0 aliphatic heterocycles. The third kappa shape index (κ3) is 5.62. The fourth-order valence-electron chi connectivity index (χ4n) is 4.22. The van der Waals surface area contributed by atoms with Gasteiger partial charge in [0.05, 0.1) is 11.3 Å². The van der Waals surface area contributed by atoms with Gasteiger partial charge >= 0.3 is 5.97 Å². The van der Waals surface area contributed by atoms with Crippen LogP contribution in [0.1, 0.15) is 28.4 Å². The van der Waals surface area contributed by atoms with Crippen molar-refractivity contribution in [2.75, 3.05) is 5.32 Å². The molecule has 194 valence electrons. The SMILES string of the molecule is CC(=O)Oc1c(-c2ccc(NC(=O)c3cccc(F)c3)cc2)c(-c2ccc(C)cc2)nn1-c1ccc(C)cc1. The first kappa shape index (κ1) is 25.6. The number of amides is 1. The van der Waals surface area contributed by atoms with Crippen molar-refractivity contribution in [3.05, 3.63) is 120 Å². The summed E-state index contributed by atoms with van der Waals surface area (Å²) in [5, 5.41) is 7.68. The highest BCUT2D eigenvalue weighted by Crippen LogP contribution is 2.41. The normalized spacial score (nSPS) is 10.8. The second kappa shape index (κ2) is 10.8. The van der Waals surface area contributed by atoms with Gasteiger partial charge < -0.3 is 10.1 Å². The quantitative estimate of drug-likeness (QED) is 0.242. The van der Waals surface area contributed by atoms with Crippen molar-refractivity contribution < 1.29 is 18.7 Å². The van der Waals surface area contributed by atoms with Gasteiger partial charge in [0.1, 0.15) is 11.5 Å². The lowest BCUT2D eigenvalue weighted by Gasteiger charge is -2.11. The zero-order valence-electron chi connectivity index (χ0n) is 21.7. The maximum Gasteiger partial charge on any atom is 0.309 e. The van der Waals surface area contributed by atoms with Crippen molar-refractivity contribution in [2.24, 2.45) is 0 Å². The summed E-state index contributed by atoms with van der Waals surface area (Å²) in [5.41, 5.74) is 6.58. The fourth-order valence-corrected chi connectivity index (χ4v) is 4.22. The third-order valence-electron chi connectivity index (χ3n) is 6.21. The summed E-state index contributed by atoms with van der Waals surface area (Å²) in [6, 6.07) is 28.4. The van der Waals surface area contributed by atoms with Crippen LogP contribution in [0, 0.1) is 19.7 Å². The van der Waals surface area contributed by atoms with E-state index in [1.165, 1.54) is 25.1 Å². The highest BCUT2D eigenvalue weighted by atomic mass is 19.1. The average Bonchev–Trinajstić information content (AvgIpc) is 3.28. The molecular weight excluding hydrogens is 493 g/mol. The zero-order valence-corrected chi connectivity index (χ0v) is 21.7. The van der Waals surface area contributed by atoms with Crippen LogP contribution >= 0.6 is 0 Å². The molecule has 7 heteroatoms. The Morgan fingerprint density at radius 1 is 0.821 bits per heavy atom. The number of hydrogen-bond acceptors (Lipinski definition) is 4. The van der Waals surface area contributed by atoms with Crippen LogP contribution in [0.5, 0.6) is 5.88 Å². The van der Waals surface area contributed by atoms with Gasteiger partial charge in [0.25, 0.3) is 5.91 Å². The average molecular weight is 520 g/mol. The molecule has 0 spiro atoms. The number of esters is 1. The Labute approximate surface area is 225 Å². The van der Waals surface area contributed by atoms with Crippen LogP contribution in [-0.2, 0) is 4.79 Å². The van der Waals surface area contributed by atoms with Crippen LogP contribution in [-0.4, -0.2) is 21.7 Å². The molecule has 0 aliphatic carbocycles. The molecule has 5 aromatic rings. The second-order valence-electron chi connectivity index (χ2n) is 9.28. The van der Waals surface area contributed by atoms with E-state index in [1.807, 2.05) is 74.5 Å². The minimum Gasteiger partial charge on any atom is -0.407 e. The lowest BCUT2D eigenvalue weighted by molar-refractivity contribution is -0.132. The van der Waals surface area contributed by atoms with E-state index in [1.54, 1.807) is 22.9 Å². The van der Waals surface area contributed by atoms with E-state index in [4.69, 9.17) is 9.84 Å². The molecule has 4 aromatic carbocycles. The van der Waals surface area contributed by atoms with Crippen molar-refractivity contribution in [1.82, 2.24) is 9.78 Å². The molecule has 1 amide bonds. The van der Waals surface area contributed by atoms with Crippen LogP contribution in [0.25, 0.3) is 28.1 Å². The van der Waals surface area contributed by atoms with Gasteiger partial charge in [-0.2, -0.15) is 9.78 Å². The molecule has 0 bridgehead atoms. The Morgan fingerprint density at radius 3 is 2.05 bits per heavy atom. The number of benzene rings is 4. The maximum atomic E-state index is 13.6. The summed E-state index contributed by atoms with van der Waals surface area (Å²) >= 11 is 0. The molecule has 1 aromatic heterocycles. The summed E-state index contributed by atoms with van der Waals surface area (Å²) in [4.78, 5) is 24.8. The molecule has 0 saturated carbocycles. The Hall–Kier alpha value is -5.04. The molecule has 0 aliphatic rings. The largest absolute Gasteiger partial charge is 0.407 e. The number of carbonyl (C=O) groups is 2. The molecule has 5 rings (SSSR count). The van der Waals surface area contributed by atoms with Crippen LogP contribution in [0.15, 0.2) is 97.1 Å². The van der Waals surface area contributed by atoms with Gasteiger partial charge in [0.15, 0.2) is 0 Å². The molecule has 0 saturated heterocycles. The lowest BCUT2D eigenvalue weighted by Crippen LogP contribution is -2.11. The summed E-state index contributed by atoms with van der Waals surface area (Å²) < 4.78 is 20.9. The fraction of sp³-hybridized carbons (Fsp3) is 0.0938. The van der Waals surface area contributed by atoms with E-state index in [0.717, 1.165) is 27.9 Å². The highest BCUT2D eigenvalue weighted by molar-refractivity contribution is 6.04. The van der Waals surface area contributed by atoms with Gasteiger partial charge in [-0.25, -0.2) is 4.39 Å². The van der Waals surface area contributed by atoms with Crippen LogP contribution in [0.3, 0.4) is 0 Å². The minimum absolute atomic E-state index is 0.220. The zero-order chi connectivity index (χ0) is 27.5. The Balaban J connectivity index is 1.60. The van der Waals surface area contributed by atoms with Crippen molar-refractivity contribution in [3.8, 4) is 34.0 Å². The number of hydrogen-bond donors (Lipinski definition) is 1. The van der Waals surface area contributed by atoms with E-state index in [0.29, 0.717) is 22.8 Å². The smallest absolute Gasteiger partial charge is 0.309 e. The molecule has 0 atom stereocenters. The first-order chi connectivity index (χ1) is 18.8. The highest BCUT2D eigenvalue weighted by Gasteiger charge is 2.24. The maximum absolute atomic E-state index is 13.6. The third-order valence-corrected chi connectivity index (χ3v) is 6.21. The predicted molar refractivity (Wildman–Crippen MR) is 150 cm³/mol. The lowest BCUT2D eigenvalue weighted by atomic mass is 10.00. The van der Waals surface area contributed by atoms with Gasteiger partial charge in [-0.1, -0.05) is 65.7 Å². The molecule has 39 heavy (non-hydrogen) atoms. The van der Waals surface area contributed by atoms with Crippen molar-refractivity contribution >= 4 is 17.6 Å². The second-order valence-corrected chi connectivity index (χ2v) is 9.28. The van der Waals surface area contributed by atoms with Crippen molar-refractivity contribution in [1.29, 1.82) is 0 Å². The molecule has 6 nitrogen and oxygen atoms in total. The summed E-state index contributed by atoms with van der Waals surface area (Å²) in [6.45, 7) is 5.36. The number of carbonyl (C=O) groups excluding carboxylic acids is 2. The number of nitrogens with zero attached hydrogens (tertiary/aromatic N) is 2. The Kier molecular flexibility index (Phi) is 7.06. The van der Waals surface area contributed by atoms with Gasteiger partial charge in [0.2, 0.25) is 5.88 Å². The van der Waals surface area contributed by atoms with E-state index in [9.17, 15) is 14.0 Å². The van der Waals surface area contributed by atoms with Crippen molar-refractivity contribution in [2.45, 2.75) is 20.8 Å². The number of anilines is 1. The van der Waals surface area contributed by atoms with Gasteiger partial charge in [-0.05, 0) is 61.9 Å². The number of aryl methyl sites for hydroxylation is 2. The molecular formula is C32H26FN3O3. The standard InChI is InChI=1S/C32H26FN3O3/c1-20-7-11-24(12-8-20)30-29(32(39-22(3)37)36(35-30)28-17-9-21(2)10-18-28)23-13-15-27(16-14-23)34-31(38)25-5-4-6-26(33)19-25/h4-19H,1-3H3,(H,34,38). The molecule has 1 N–H and O–H groups in total. The summed E-state index contributed by atoms with van der Waals surface area (Å²) in [7, 11) is 0. The summed E-state index contributed by atoms with van der Waals surface area (Å²) in [5.74, 6) is -1.09. The van der Waals surface area contributed by atoms with E-state index in [-0.39, 0.29) is 5.56 Å². The summed E-state index contributed by atoms with van der Waals surface area (Å²) in [6.07, 6.45) is 0. The molecule has 0 radical (unpaired) electrons. The van der Waals surface area contributed by atoms with E-state index in [2.05, 4.69) is 5.32 Å². The Morgan fingerprint density at radius 2 is 1.44 bits per heavy atom. The Bertz CT molecular complexity index is 1660. The van der Waals surface area contributed by atoms with Gasteiger partial charge in [0, 0.05) is 23.7 Å². The van der Waals surface area contributed by atoms with E-state index < -0.39 is 17.7 Å². The molecule has 0 fully saturated rings. The van der Waals surface area contributed by atoms with Gasteiger partial charge in [-0.3, -0.25) is 9.59 Å². The number of ether oxygens (including phenoxy) is 1.